The van der Waals surface area contributed by atoms with Gasteiger partial charge in [0.15, 0.2) is 0 Å². The third-order valence-corrected chi connectivity index (χ3v) is 3.48. The predicted molar refractivity (Wildman–Crippen MR) is 65.5 cm³/mol. The van der Waals surface area contributed by atoms with Crippen LogP contribution < -0.4 is 21.7 Å². The Hall–Kier alpha value is -1.63. The van der Waals surface area contributed by atoms with Crippen molar-refractivity contribution in [1.29, 1.82) is 0 Å². The molecule has 1 aromatic rings. The van der Waals surface area contributed by atoms with Crippen molar-refractivity contribution in [3.05, 3.63) is 20.8 Å². The fourth-order valence-corrected chi connectivity index (χ4v) is 2.43. The summed E-state index contributed by atoms with van der Waals surface area (Å²) in [5, 5.41) is 5.72. The summed E-state index contributed by atoms with van der Waals surface area (Å²) in [5.41, 5.74) is 4.49. The molecule has 0 aromatic carbocycles. The SMILES string of the molecule is NCC1CCCCC1COc1n[nH]c(=O)[nH]c1=O. The van der Waals surface area contributed by atoms with Crippen LogP contribution in [0.4, 0.5) is 0 Å². The van der Waals surface area contributed by atoms with Crippen molar-refractivity contribution in [1.82, 2.24) is 15.2 Å². The molecule has 1 aliphatic carbocycles. The van der Waals surface area contributed by atoms with Crippen molar-refractivity contribution < 1.29 is 4.74 Å². The summed E-state index contributed by atoms with van der Waals surface area (Å²) < 4.78 is 5.38. The summed E-state index contributed by atoms with van der Waals surface area (Å²) in [6.45, 7) is 1.06. The Morgan fingerprint density at radius 3 is 2.67 bits per heavy atom. The summed E-state index contributed by atoms with van der Waals surface area (Å²) in [7, 11) is 0. The second kappa shape index (κ2) is 5.81. The highest BCUT2D eigenvalue weighted by Gasteiger charge is 2.24. The topological polar surface area (TPSA) is 114 Å². The summed E-state index contributed by atoms with van der Waals surface area (Å²) in [6, 6.07) is 0. The second-order valence-corrected chi connectivity index (χ2v) is 4.66. The minimum atomic E-state index is -0.634. The van der Waals surface area contributed by atoms with Crippen LogP contribution in [0.1, 0.15) is 25.7 Å². The van der Waals surface area contributed by atoms with Crippen molar-refractivity contribution in [2.75, 3.05) is 13.2 Å². The van der Waals surface area contributed by atoms with Gasteiger partial charge in [0.25, 0.3) is 5.88 Å². The molecule has 0 amide bonds. The molecule has 2 unspecified atom stereocenters. The average molecular weight is 254 g/mol. The van der Waals surface area contributed by atoms with Gasteiger partial charge in [-0.1, -0.05) is 12.8 Å². The number of rotatable bonds is 4. The largest absolute Gasteiger partial charge is 0.472 e. The maximum atomic E-state index is 11.4. The van der Waals surface area contributed by atoms with Crippen LogP contribution in [0.2, 0.25) is 0 Å². The van der Waals surface area contributed by atoms with Crippen LogP contribution in [-0.2, 0) is 0 Å². The fourth-order valence-electron chi connectivity index (χ4n) is 2.43. The quantitative estimate of drug-likeness (QED) is 0.676. The molecule has 0 aliphatic heterocycles. The first-order valence-corrected chi connectivity index (χ1v) is 6.22. The van der Waals surface area contributed by atoms with Gasteiger partial charge in [-0.3, -0.25) is 9.78 Å². The number of aromatic nitrogens is 3. The molecule has 1 aromatic heterocycles. The lowest BCUT2D eigenvalue weighted by Crippen LogP contribution is -2.32. The summed E-state index contributed by atoms with van der Waals surface area (Å²) >= 11 is 0. The minimum Gasteiger partial charge on any atom is -0.472 e. The molecule has 1 saturated carbocycles. The molecule has 2 atom stereocenters. The number of ether oxygens (including phenoxy) is 1. The molecule has 1 heterocycles. The van der Waals surface area contributed by atoms with Gasteiger partial charge in [-0.2, -0.15) is 0 Å². The van der Waals surface area contributed by atoms with Gasteiger partial charge in [-0.05, 0) is 31.2 Å². The van der Waals surface area contributed by atoms with Crippen LogP contribution in [0.3, 0.4) is 0 Å². The second-order valence-electron chi connectivity index (χ2n) is 4.66. The van der Waals surface area contributed by atoms with Gasteiger partial charge in [0.1, 0.15) is 0 Å². The van der Waals surface area contributed by atoms with E-state index in [4.69, 9.17) is 10.5 Å². The zero-order valence-electron chi connectivity index (χ0n) is 10.1. The first-order chi connectivity index (χ1) is 8.70. The molecule has 0 spiro atoms. The van der Waals surface area contributed by atoms with Crippen LogP contribution in [-0.4, -0.2) is 28.3 Å². The molecule has 4 N–H and O–H groups in total. The summed E-state index contributed by atoms with van der Waals surface area (Å²) in [4.78, 5) is 24.3. The van der Waals surface area contributed by atoms with E-state index in [0.717, 1.165) is 12.8 Å². The zero-order valence-corrected chi connectivity index (χ0v) is 10.1. The Morgan fingerprint density at radius 2 is 2.00 bits per heavy atom. The Kier molecular flexibility index (Phi) is 4.14. The minimum absolute atomic E-state index is 0.0871. The molecule has 7 heteroatoms. The highest BCUT2D eigenvalue weighted by atomic mass is 16.5. The zero-order chi connectivity index (χ0) is 13.0. The number of nitrogens with two attached hydrogens (primary N) is 1. The van der Waals surface area contributed by atoms with Gasteiger partial charge in [0.05, 0.1) is 6.61 Å². The molecular formula is C11H18N4O3. The standard InChI is InChI=1S/C11H18N4O3/c12-5-7-3-1-2-4-8(7)6-18-10-9(16)13-11(17)15-14-10/h7-8H,1-6,12H2,(H2,13,15,16,17). The van der Waals surface area contributed by atoms with E-state index >= 15 is 0 Å². The van der Waals surface area contributed by atoms with Crippen LogP contribution in [0.15, 0.2) is 9.59 Å². The predicted octanol–water partition coefficient (Wildman–Crippen LogP) is -0.398. The molecule has 100 valence electrons. The molecule has 2 rings (SSSR count). The monoisotopic (exact) mass is 254 g/mol. The number of hydrogen-bond acceptors (Lipinski definition) is 5. The van der Waals surface area contributed by atoms with E-state index < -0.39 is 11.2 Å². The highest BCUT2D eigenvalue weighted by molar-refractivity contribution is 4.99. The third kappa shape index (κ3) is 2.98. The highest BCUT2D eigenvalue weighted by Crippen LogP contribution is 2.29. The number of aromatic amines is 2. The molecule has 0 saturated heterocycles. The number of nitrogens with zero attached hydrogens (tertiary/aromatic N) is 1. The smallest absolute Gasteiger partial charge is 0.342 e. The van der Waals surface area contributed by atoms with Crippen LogP contribution >= 0.6 is 0 Å². The van der Waals surface area contributed by atoms with Gasteiger partial charge in [0, 0.05) is 0 Å². The van der Waals surface area contributed by atoms with E-state index in [-0.39, 0.29) is 5.88 Å². The van der Waals surface area contributed by atoms with Crippen LogP contribution in [0, 0.1) is 11.8 Å². The molecule has 7 nitrogen and oxygen atoms in total. The molecular weight excluding hydrogens is 236 g/mol. The summed E-state index contributed by atoms with van der Waals surface area (Å²) in [5.74, 6) is 0.716. The van der Waals surface area contributed by atoms with E-state index in [2.05, 4.69) is 15.2 Å². The lowest BCUT2D eigenvalue weighted by atomic mass is 9.80. The number of hydrogen-bond donors (Lipinski definition) is 3. The molecule has 18 heavy (non-hydrogen) atoms. The number of nitrogens with one attached hydrogen (secondary N) is 2. The maximum Gasteiger partial charge on any atom is 0.342 e. The van der Waals surface area contributed by atoms with E-state index in [1.54, 1.807) is 0 Å². The van der Waals surface area contributed by atoms with E-state index in [1.807, 2.05) is 0 Å². The van der Waals surface area contributed by atoms with Crippen molar-refractivity contribution in [2.24, 2.45) is 17.6 Å². The van der Waals surface area contributed by atoms with Crippen LogP contribution in [0.25, 0.3) is 0 Å². The van der Waals surface area contributed by atoms with Crippen molar-refractivity contribution in [3.8, 4) is 5.88 Å². The first kappa shape index (κ1) is 12.8. The molecule has 1 fully saturated rings. The Labute approximate surface area is 104 Å². The van der Waals surface area contributed by atoms with Crippen molar-refractivity contribution >= 4 is 0 Å². The van der Waals surface area contributed by atoms with E-state index in [0.29, 0.717) is 25.0 Å². The normalized spacial score (nSPS) is 23.8. The fraction of sp³-hybridized carbons (Fsp3) is 0.727. The van der Waals surface area contributed by atoms with Gasteiger partial charge in [0.2, 0.25) is 0 Å². The van der Waals surface area contributed by atoms with Gasteiger partial charge in [-0.15, -0.1) is 5.10 Å². The van der Waals surface area contributed by atoms with Gasteiger partial charge >= 0.3 is 11.2 Å². The van der Waals surface area contributed by atoms with E-state index in [1.165, 1.54) is 12.8 Å². The number of H-pyrrole nitrogens is 2. The van der Waals surface area contributed by atoms with E-state index in [9.17, 15) is 9.59 Å². The lowest BCUT2D eigenvalue weighted by Gasteiger charge is -2.29. The summed E-state index contributed by atoms with van der Waals surface area (Å²) in [6.07, 6.45) is 4.54. The first-order valence-electron chi connectivity index (χ1n) is 6.22. The van der Waals surface area contributed by atoms with Gasteiger partial charge in [-0.25, -0.2) is 9.89 Å². The Bertz CT molecular complexity index is 496. The van der Waals surface area contributed by atoms with Crippen LogP contribution in [0.5, 0.6) is 5.88 Å². The average Bonchev–Trinajstić information content (AvgIpc) is 2.38. The molecule has 1 aliphatic rings. The molecule has 0 radical (unpaired) electrons. The lowest BCUT2D eigenvalue weighted by molar-refractivity contribution is 0.147. The van der Waals surface area contributed by atoms with Crippen molar-refractivity contribution in [3.63, 3.8) is 0 Å². The third-order valence-electron chi connectivity index (χ3n) is 3.48. The maximum absolute atomic E-state index is 11.4. The Morgan fingerprint density at radius 1 is 1.28 bits per heavy atom. The van der Waals surface area contributed by atoms with Gasteiger partial charge < -0.3 is 10.5 Å². The molecule has 0 bridgehead atoms. The van der Waals surface area contributed by atoms with Crippen molar-refractivity contribution in [2.45, 2.75) is 25.7 Å². The Balaban J connectivity index is 1.98.